The number of fused-ring (bicyclic) bond motifs is 3. The number of carbonyl (C=O) groups is 2. The van der Waals surface area contributed by atoms with Crippen LogP contribution in [0.2, 0.25) is 0 Å². The minimum absolute atomic E-state index is 0.0597. The zero-order valence-electron chi connectivity index (χ0n) is 15.8. The number of benzene rings is 2. The Labute approximate surface area is 164 Å². The van der Waals surface area contributed by atoms with E-state index in [0.717, 1.165) is 25.7 Å². The number of hydrogen-bond acceptors (Lipinski definition) is 3. The second-order valence-corrected chi connectivity index (χ2v) is 7.79. The van der Waals surface area contributed by atoms with Gasteiger partial charge in [0.15, 0.2) is 0 Å². The fourth-order valence-corrected chi connectivity index (χ4v) is 4.56. The normalized spacial score (nSPS) is 20.9. The molecule has 1 amide bonds. The highest BCUT2D eigenvalue weighted by atomic mass is 16.5. The van der Waals surface area contributed by atoms with Gasteiger partial charge >= 0.3 is 12.1 Å². The van der Waals surface area contributed by atoms with Crippen LogP contribution in [0.25, 0.3) is 11.1 Å². The molecule has 0 spiro atoms. The number of carboxylic acid groups (broad SMARTS) is 1. The van der Waals surface area contributed by atoms with Gasteiger partial charge in [-0.1, -0.05) is 48.5 Å². The molecule has 0 atom stereocenters. The van der Waals surface area contributed by atoms with E-state index in [2.05, 4.69) is 29.6 Å². The van der Waals surface area contributed by atoms with Gasteiger partial charge in [-0.3, -0.25) is 4.79 Å². The van der Waals surface area contributed by atoms with Crippen LogP contribution in [0.15, 0.2) is 48.5 Å². The molecule has 2 aromatic carbocycles. The van der Waals surface area contributed by atoms with Crippen LogP contribution in [0.3, 0.4) is 0 Å². The third-order valence-corrected chi connectivity index (χ3v) is 5.98. The first-order valence-corrected chi connectivity index (χ1v) is 9.95. The number of carbonyl (C=O) groups excluding carboxylic acids is 1. The summed E-state index contributed by atoms with van der Waals surface area (Å²) in [6, 6.07) is 16.6. The molecule has 146 valence electrons. The number of aliphatic carboxylic acids is 1. The van der Waals surface area contributed by atoms with E-state index in [1.54, 1.807) is 0 Å². The maximum absolute atomic E-state index is 12.3. The lowest BCUT2D eigenvalue weighted by atomic mass is 9.84. The summed E-state index contributed by atoms with van der Waals surface area (Å²) in [5.41, 5.74) is 4.82. The van der Waals surface area contributed by atoms with Crippen molar-refractivity contribution < 1.29 is 19.4 Å². The van der Waals surface area contributed by atoms with Crippen LogP contribution in [0, 0.1) is 5.92 Å². The van der Waals surface area contributed by atoms with Gasteiger partial charge in [-0.2, -0.15) is 0 Å². The number of hydrogen-bond donors (Lipinski definition) is 2. The van der Waals surface area contributed by atoms with Crippen molar-refractivity contribution in [2.45, 2.75) is 44.1 Å². The molecule has 0 unspecified atom stereocenters. The number of carboxylic acids is 1. The average molecular weight is 379 g/mol. The fraction of sp³-hybridized carbons (Fsp3) is 0.391. The molecule has 2 N–H and O–H groups in total. The molecule has 2 aliphatic rings. The van der Waals surface area contributed by atoms with Crippen molar-refractivity contribution in [3.05, 3.63) is 59.7 Å². The first-order valence-electron chi connectivity index (χ1n) is 9.95. The van der Waals surface area contributed by atoms with Gasteiger partial charge in [0, 0.05) is 18.4 Å². The molecular weight excluding hydrogens is 354 g/mol. The van der Waals surface area contributed by atoms with E-state index >= 15 is 0 Å². The zero-order valence-corrected chi connectivity index (χ0v) is 15.8. The van der Waals surface area contributed by atoms with Crippen LogP contribution in [-0.4, -0.2) is 29.8 Å². The van der Waals surface area contributed by atoms with E-state index in [0.29, 0.717) is 6.61 Å². The maximum Gasteiger partial charge on any atom is 0.407 e. The zero-order chi connectivity index (χ0) is 19.5. The van der Waals surface area contributed by atoms with Crippen molar-refractivity contribution in [2.24, 2.45) is 5.92 Å². The highest BCUT2D eigenvalue weighted by Crippen LogP contribution is 2.44. The molecule has 5 heteroatoms. The molecule has 2 aliphatic carbocycles. The van der Waals surface area contributed by atoms with Gasteiger partial charge in [0.05, 0.1) is 0 Å². The monoisotopic (exact) mass is 379 g/mol. The summed E-state index contributed by atoms with van der Waals surface area (Å²) < 4.78 is 5.59. The summed E-state index contributed by atoms with van der Waals surface area (Å²) >= 11 is 0. The molecule has 0 aliphatic heterocycles. The number of alkyl carbamates (subject to hydrolysis) is 1. The smallest absolute Gasteiger partial charge is 0.407 e. The molecular formula is C23H25NO4. The van der Waals surface area contributed by atoms with Crippen LogP contribution in [0.4, 0.5) is 4.79 Å². The topological polar surface area (TPSA) is 75.6 Å². The van der Waals surface area contributed by atoms with Gasteiger partial charge in [-0.15, -0.1) is 0 Å². The van der Waals surface area contributed by atoms with E-state index in [1.165, 1.54) is 22.3 Å². The van der Waals surface area contributed by atoms with E-state index in [9.17, 15) is 9.59 Å². The Morgan fingerprint density at radius 2 is 1.50 bits per heavy atom. The summed E-state index contributed by atoms with van der Waals surface area (Å²) in [6.07, 6.45) is 3.12. The highest BCUT2D eigenvalue weighted by Gasteiger charge is 2.29. The lowest BCUT2D eigenvalue weighted by molar-refractivity contribution is -0.138. The van der Waals surface area contributed by atoms with Crippen molar-refractivity contribution in [2.75, 3.05) is 6.61 Å². The second-order valence-electron chi connectivity index (χ2n) is 7.79. The van der Waals surface area contributed by atoms with Crippen molar-refractivity contribution >= 4 is 12.1 Å². The third kappa shape index (κ3) is 3.88. The van der Waals surface area contributed by atoms with Crippen LogP contribution in [0.1, 0.15) is 49.1 Å². The Morgan fingerprint density at radius 1 is 0.929 bits per heavy atom. The number of nitrogens with one attached hydrogen (secondary N) is 1. The van der Waals surface area contributed by atoms with Gasteiger partial charge in [-0.05, 0) is 53.9 Å². The molecule has 1 saturated carbocycles. The largest absolute Gasteiger partial charge is 0.481 e. The van der Waals surface area contributed by atoms with Gasteiger partial charge in [0.1, 0.15) is 6.61 Å². The summed E-state index contributed by atoms with van der Waals surface area (Å²) in [4.78, 5) is 23.1. The van der Waals surface area contributed by atoms with Gasteiger partial charge in [0.25, 0.3) is 0 Å². The van der Waals surface area contributed by atoms with Crippen molar-refractivity contribution in [1.29, 1.82) is 0 Å². The highest BCUT2D eigenvalue weighted by molar-refractivity contribution is 5.79. The molecule has 0 heterocycles. The van der Waals surface area contributed by atoms with E-state index < -0.39 is 5.97 Å². The van der Waals surface area contributed by atoms with Crippen molar-refractivity contribution in [3.8, 4) is 11.1 Å². The second kappa shape index (κ2) is 8.05. The Kier molecular flexibility index (Phi) is 5.33. The van der Waals surface area contributed by atoms with Crippen LogP contribution in [-0.2, 0) is 9.53 Å². The standard InChI is InChI=1S/C23H25NO4/c25-22(26)13-15-9-11-16(12-10-15)24-23(27)28-14-21-19-7-3-1-5-17(19)18-6-2-4-8-20(18)21/h1-8,15-16,21H,9-14H2,(H,24,27)(H,25,26). The SMILES string of the molecule is O=C(O)CC1CCC(NC(=O)OCC2c3ccccc3-c3ccccc32)CC1. The minimum Gasteiger partial charge on any atom is -0.481 e. The van der Waals surface area contributed by atoms with E-state index in [4.69, 9.17) is 9.84 Å². The molecule has 0 aromatic heterocycles. The molecule has 1 fully saturated rings. The quantitative estimate of drug-likeness (QED) is 0.799. The Bertz CT molecular complexity index is 825. The third-order valence-electron chi connectivity index (χ3n) is 5.98. The van der Waals surface area contributed by atoms with E-state index in [-0.39, 0.29) is 30.4 Å². The van der Waals surface area contributed by atoms with Crippen LogP contribution >= 0.6 is 0 Å². The molecule has 0 saturated heterocycles. The van der Waals surface area contributed by atoms with Gasteiger partial charge in [0.2, 0.25) is 0 Å². The molecule has 4 rings (SSSR count). The van der Waals surface area contributed by atoms with E-state index in [1.807, 2.05) is 24.3 Å². The maximum atomic E-state index is 12.3. The predicted molar refractivity (Wildman–Crippen MR) is 106 cm³/mol. The first-order chi connectivity index (χ1) is 13.6. The Balaban J connectivity index is 1.33. The Morgan fingerprint density at radius 3 is 2.07 bits per heavy atom. The summed E-state index contributed by atoms with van der Waals surface area (Å²) in [5, 5.41) is 11.9. The number of rotatable bonds is 5. The van der Waals surface area contributed by atoms with Crippen LogP contribution in [0.5, 0.6) is 0 Å². The average Bonchev–Trinajstić information content (AvgIpc) is 3.01. The number of amides is 1. The van der Waals surface area contributed by atoms with Crippen LogP contribution < -0.4 is 5.32 Å². The fourth-order valence-electron chi connectivity index (χ4n) is 4.56. The predicted octanol–water partition coefficient (Wildman–Crippen LogP) is 4.56. The number of ether oxygens (including phenoxy) is 1. The molecule has 28 heavy (non-hydrogen) atoms. The minimum atomic E-state index is -0.743. The summed E-state index contributed by atoms with van der Waals surface area (Å²) in [5.74, 6) is -0.463. The summed E-state index contributed by atoms with van der Waals surface area (Å²) in [6.45, 7) is 0.314. The first kappa shape index (κ1) is 18.5. The lowest BCUT2D eigenvalue weighted by Gasteiger charge is -2.28. The van der Waals surface area contributed by atoms with Crippen molar-refractivity contribution in [3.63, 3.8) is 0 Å². The van der Waals surface area contributed by atoms with Gasteiger partial charge in [-0.25, -0.2) is 4.79 Å². The molecule has 2 aromatic rings. The van der Waals surface area contributed by atoms with Gasteiger partial charge < -0.3 is 15.2 Å². The molecule has 5 nitrogen and oxygen atoms in total. The molecule has 0 radical (unpaired) electrons. The Hall–Kier alpha value is -2.82. The van der Waals surface area contributed by atoms with Crippen molar-refractivity contribution in [1.82, 2.24) is 5.32 Å². The molecule has 0 bridgehead atoms. The summed E-state index contributed by atoms with van der Waals surface area (Å²) in [7, 11) is 0. The lowest BCUT2D eigenvalue weighted by Crippen LogP contribution is -2.38.